The van der Waals surface area contributed by atoms with Gasteiger partial charge in [0.1, 0.15) is 11.6 Å². The number of rotatable bonds is 4. The van der Waals surface area contributed by atoms with Crippen molar-refractivity contribution in [2.75, 3.05) is 65.8 Å². The van der Waals surface area contributed by atoms with Crippen LogP contribution in [0.25, 0.3) is 17.0 Å². The molecule has 5 aliphatic rings. The highest BCUT2D eigenvalue weighted by atomic mass is 19.1. The minimum atomic E-state index is -0.494. The molecule has 2 atom stereocenters. The lowest BCUT2D eigenvalue weighted by molar-refractivity contribution is 0.160. The van der Waals surface area contributed by atoms with E-state index in [4.69, 9.17) is 9.98 Å². The number of anilines is 4. The van der Waals surface area contributed by atoms with E-state index < -0.39 is 17.6 Å². The summed E-state index contributed by atoms with van der Waals surface area (Å²) < 4.78 is 33.0. The fourth-order valence-electron chi connectivity index (χ4n) is 10.1. The monoisotopic (exact) mass is 812 g/mol. The van der Waals surface area contributed by atoms with Gasteiger partial charge in [0.05, 0.1) is 29.0 Å². The first-order valence-electron chi connectivity index (χ1n) is 21.8. The number of guanidine groups is 1. The molecule has 1 unspecified atom stereocenters. The second kappa shape index (κ2) is 16.5. The average molecular weight is 813 g/mol. The first-order valence-corrected chi connectivity index (χ1v) is 21.8. The van der Waals surface area contributed by atoms with Crippen LogP contribution in [0.1, 0.15) is 80.3 Å². The SMILES string of the molecule is C=C1CCC(c2c(F)cc(N3CCC(N4CCN(c5ccc6c(c5)N5C[C@H](C)CCCCc7c(cnn7C)-c7cc(cc(C)n7)C(=C)/N=C/5N6)CC4)CC3)cc2F)C(=C)N1. The first-order chi connectivity index (χ1) is 29.0. The Bertz CT molecular complexity index is 2320. The lowest BCUT2D eigenvalue weighted by Gasteiger charge is -2.44. The van der Waals surface area contributed by atoms with Crippen LogP contribution in [0.15, 0.2) is 84.8 Å². The van der Waals surface area contributed by atoms with E-state index in [1.165, 1.54) is 23.5 Å². The summed E-state index contributed by atoms with van der Waals surface area (Å²) in [5.74, 6) is -0.120. The Morgan fingerprint density at radius 2 is 1.55 bits per heavy atom. The third-order valence-electron chi connectivity index (χ3n) is 13.4. The number of hydrogen-bond donors (Lipinski definition) is 2. The number of hydrogen-bond acceptors (Lipinski definition) is 9. The lowest BCUT2D eigenvalue weighted by Crippen LogP contribution is -2.53. The van der Waals surface area contributed by atoms with Gasteiger partial charge in [0, 0.05) is 116 Å². The number of nitrogens with zero attached hydrogens (tertiary/aromatic N) is 8. The Morgan fingerprint density at radius 3 is 2.30 bits per heavy atom. The third-order valence-corrected chi connectivity index (χ3v) is 13.4. The van der Waals surface area contributed by atoms with Crippen molar-refractivity contribution in [3.8, 4) is 11.3 Å². The predicted octanol–water partition coefficient (Wildman–Crippen LogP) is 8.98. The van der Waals surface area contributed by atoms with Gasteiger partial charge in [-0.25, -0.2) is 13.8 Å². The van der Waals surface area contributed by atoms with Crippen molar-refractivity contribution in [1.29, 1.82) is 0 Å². The highest BCUT2D eigenvalue weighted by molar-refractivity contribution is 6.16. The molecule has 314 valence electrons. The van der Waals surface area contributed by atoms with Crippen LogP contribution in [0.5, 0.6) is 0 Å². The second-order valence-electron chi connectivity index (χ2n) is 17.6. The molecule has 2 bridgehead atoms. The summed E-state index contributed by atoms with van der Waals surface area (Å²) in [6, 6.07) is 14.4. The van der Waals surface area contributed by atoms with Crippen LogP contribution in [0.4, 0.5) is 31.5 Å². The van der Waals surface area contributed by atoms with Gasteiger partial charge >= 0.3 is 0 Å². The zero-order valence-corrected chi connectivity index (χ0v) is 35.4. The molecule has 5 aliphatic heterocycles. The number of piperidine rings is 2. The van der Waals surface area contributed by atoms with E-state index in [0.29, 0.717) is 41.9 Å². The molecular formula is C48H58F2N10. The van der Waals surface area contributed by atoms with Gasteiger partial charge in [0.2, 0.25) is 5.96 Å². The second-order valence-corrected chi connectivity index (χ2v) is 17.6. The number of nitrogens with one attached hydrogen (secondary N) is 2. The Morgan fingerprint density at radius 1 is 0.800 bits per heavy atom. The molecule has 0 amide bonds. The lowest BCUT2D eigenvalue weighted by atomic mass is 9.87. The Labute approximate surface area is 353 Å². The van der Waals surface area contributed by atoms with Gasteiger partial charge < -0.3 is 25.3 Å². The molecule has 2 aromatic heterocycles. The third kappa shape index (κ3) is 7.93. The summed E-state index contributed by atoms with van der Waals surface area (Å²) in [4.78, 5) is 19.7. The molecule has 0 radical (unpaired) electrons. The largest absolute Gasteiger partial charge is 0.371 e. The number of allylic oxidation sites excluding steroid dienone is 2. The van der Waals surface area contributed by atoms with Crippen LogP contribution in [-0.4, -0.2) is 77.5 Å². The molecule has 60 heavy (non-hydrogen) atoms. The molecule has 3 saturated heterocycles. The zero-order valence-electron chi connectivity index (χ0n) is 35.4. The van der Waals surface area contributed by atoms with Crippen LogP contribution in [0.3, 0.4) is 0 Å². The van der Waals surface area contributed by atoms with Crippen LogP contribution < -0.4 is 25.3 Å². The fraction of sp³-hybridized carbons (Fsp3) is 0.438. The smallest absolute Gasteiger partial charge is 0.208 e. The maximum Gasteiger partial charge on any atom is 0.208 e. The molecule has 0 spiro atoms. The molecule has 0 saturated carbocycles. The average Bonchev–Trinajstić information content (AvgIpc) is 3.77. The molecule has 2 aromatic carbocycles. The van der Waals surface area contributed by atoms with Gasteiger partial charge in [-0.3, -0.25) is 14.6 Å². The van der Waals surface area contributed by atoms with E-state index >= 15 is 8.78 Å². The summed E-state index contributed by atoms with van der Waals surface area (Å²) in [5.41, 5.74) is 11.4. The standard InChI is InChI=1S/C48H58F2N10/c1-30-9-7-8-10-45-40(28-51-56(45)6)44-24-35(23-32(3)53-44)33(4)54-48-55-43-14-12-37(27-46(43)60(48)29-30)59-21-19-58(20-22-59)36-15-17-57(18-16-36)38-25-41(49)47(42(50)26-38)39-13-11-31(2)52-34(39)5/h12,14,23-28,30,36,39,52H,2,4-5,7-11,13,15-22,29H2,1,3,6H3,(H,54,55)/t30-,39?/m1/s1. The van der Waals surface area contributed by atoms with Crippen molar-refractivity contribution in [1.82, 2.24) is 25.0 Å². The van der Waals surface area contributed by atoms with Crippen LogP contribution in [-0.2, 0) is 13.5 Å². The van der Waals surface area contributed by atoms with Crippen molar-refractivity contribution < 1.29 is 8.78 Å². The van der Waals surface area contributed by atoms with Crippen molar-refractivity contribution >= 4 is 34.4 Å². The van der Waals surface area contributed by atoms with Gasteiger partial charge in [-0.2, -0.15) is 5.10 Å². The summed E-state index contributed by atoms with van der Waals surface area (Å²) in [7, 11) is 2.02. The molecule has 10 nitrogen and oxygen atoms in total. The number of benzene rings is 2. The Hall–Kier alpha value is -5.49. The number of piperazine rings is 1. The van der Waals surface area contributed by atoms with Crippen molar-refractivity contribution in [2.45, 2.75) is 77.2 Å². The highest BCUT2D eigenvalue weighted by Gasteiger charge is 2.33. The summed E-state index contributed by atoms with van der Waals surface area (Å²) in [6.45, 7) is 23.0. The van der Waals surface area contributed by atoms with Crippen LogP contribution in [0.2, 0.25) is 0 Å². The van der Waals surface area contributed by atoms with Crippen LogP contribution in [0, 0.1) is 24.5 Å². The number of fused-ring (bicyclic) bond motifs is 7. The van der Waals surface area contributed by atoms with E-state index in [1.807, 2.05) is 24.9 Å². The number of aromatic nitrogens is 3. The first kappa shape index (κ1) is 39.9. The maximum atomic E-state index is 15.5. The summed E-state index contributed by atoms with van der Waals surface area (Å²) in [5, 5.41) is 11.3. The highest BCUT2D eigenvalue weighted by Crippen LogP contribution is 2.40. The van der Waals surface area contributed by atoms with E-state index in [2.05, 4.69) is 92.3 Å². The number of pyridine rings is 1. The molecule has 9 rings (SSSR count). The minimum absolute atomic E-state index is 0.110. The summed E-state index contributed by atoms with van der Waals surface area (Å²) in [6.07, 6.45) is 9.44. The van der Waals surface area contributed by atoms with E-state index in [0.717, 1.165) is 130 Å². The topological polar surface area (TPSA) is 80.1 Å². The molecular weight excluding hydrogens is 755 g/mol. The molecule has 3 fully saturated rings. The van der Waals surface area contributed by atoms with Gasteiger partial charge in [-0.1, -0.05) is 33.1 Å². The van der Waals surface area contributed by atoms with E-state index in [1.54, 1.807) is 0 Å². The van der Waals surface area contributed by atoms with Gasteiger partial charge in [-0.05, 0) is 100 Å². The van der Waals surface area contributed by atoms with Crippen LogP contribution >= 0.6 is 0 Å². The molecule has 0 aliphatic carbocycles. The Balaban J connectivity index is 0.859. The van der Waals surface area contributed by atoms with E-state index in [9.17, 15) is 0 Å². The zero-order chi connectivity index (χ0) is 41.7. The molecule has 2 N–H and O–H groups in total. The Kier molecular flexibility index (Phi) is 11.0. The fourth-order valence-corrected chi connectivity index (χ4v) is 10.1. The maximum absolute atomic E-state index is 15.5. The van der Waals surface area contributed by atoms with Gasteiger partial charge in [0.25, 0.3) is 0 Å². The van der Waals surface area contributed by atoms with Crippen molar-refractivity contribution in [3.63, 3.8) is 0 Å². The van der Waals surface area contributed by atoms with Crippen molar-refractivity contribution in [2.24, 2.45) is 18.0 Å². The minimum Gasteiger partial charge on any atom is -0.371 e. The number of aryl methyl sites for hydroxylation is 2. The molecule has 7 heterocycles. The quantitative estimate of drug-likeness (QED) is 0.212. The number of halogens is 2. The summed E-state index contributed by atoms with van der Waals surface area (Å²) >= 11 is 0. The van der Waals surface area contributed by atoms with Gasteiger partial charge in [0.15, 0.2) is 0 Å². The van der Waals surface area contributed by atoms with Crippen molar-refractivity contribution in [3.05, 3.63) is 114 Å². The normalized spacial score (nSPS) is 22.9. The predicted molar refractivity (Wildman–Crippen MR) is 241 cm³/mol. The number of aliphatic imine (C=N–C) groups is 1. The molecule has 12 heteroatoms. The molecule has 4 aromatic rings. The van der Waals surface area contributed by atoms with E-state index in [-0.39, 0.29) is 5.56 Å². The van der Waals surface area contributed by atoms with Gasteiger partial charge in [-0.15, -0.1) is 0 Å².